The number of benzene rings is 1. The second-order valence-electron chi connectivity index (χ2n) is 11.8. The summed E-state index contributed by atoms with van der Waals surface area (Å²) in [6.45, 7) is 11.7. The number of halogens is 2. The maximum Gasteiger partial charge on any atom is 0.410 e. The van der Waals surface area contributed by atoms with Gasteiger partial charge in [-0.25, -0.2) is 14.2 Å². The maximum absolute atomic E-state index is 14.8. The first-order valence-electron chi connectivity index (χ1n) is 14.1. The molecule has 1 amide bonds. The molecule has 0 unspecified atom stereocenters. The summed E-state index contributed by atoms with van der Waals surface area (Å²) in [5, 5.41) is 0. The summed E-state index contributed by atoms with van der Waals surface area (Å²) in [5.74, 6) is -1.94. The van der Waals surface area contributed by atoms with Crippen molar-refractivity contribution in [2.75, 3.05) is 19.8 Å². The van der Waals surface area contributed by atoms with Gasteiger partial charge in [-0.2, -0.15) is 4.39 Å². The Balaban J connectivity index is 1.61. The number of likely N-dealkylation sites (tertiary alicyclic amines) is 1. The lowest BCUT2D eigenvalue weighted by Gasteiger charge is -2.32. The van der Waals surface area contributed by atoms with Crippen LogP contribution in [0.1, 0.15) is 80.7 Å². The maximum atomic E-state index is 14.8. The molecular formula is C33H37F2N3O3. The molecule has 2 saturated heterocycles. The third-order valence-electron chi connectivity index (χ3n) is 7.86. The van der Waals surface area contributed by atoms with E-state index in [1.165, 1.54) is 17.8 Å². The van der Waals surface area contributed by atoms with Crippen LogP contribution in [0.25, 0.3) is 11.1 Å². The number of aromatic nitrogens is 1. The van der Waals surface area contributed by atoms with E-state index in [0.717, 1.165) is 42.4 Å². The van der Waals surface area contributed by atoms with Crippen molar-refractivity contribution in [3.05, 3.63) is 101 Å². The van der Waals surface area contributed by atoms with Crippen LogP contribution in [0.15, 0.2) is 66.5 Å². The van der Waals surface area contributed by atoms with Crippen LogP contribution in [0.3, 0.4) is 0 Å². The molecule has 1 aromatic carbocycles. The van der Waals surface area contributed by atoms with Gasteiger partial charge in [0.25, 0.3) is 0 Å². The van der Waals surface area contributed by atoms with Gasteiger partial charge in [-0.1, -0.05) is 30.9 Å². The Hall–Kier alpha value is -3.78. The van der Waals surface area contributed by atoms with Crippen molar-refractivity contribution >= 4 is 17.2 Å². The van der Waals surface area contributed by atoms with Gasteiger partial charge in [-0.05, 0) is 98.4 Å². The molecule has 2 fully saturated rings. The minimum atomic E-state index is -1.19. The molecule has 2 N–H and O–H groups in total. The lowest BCUT2D eigenvalue weighted by Crippen LogP contribution is -2.36. The third kappa shape index (κ3) is 6.12. The lowest BCUT2D eigenvalue weighted by molar-refractivity contribution is 0.0222. The van der Waals surface area contributed by atoms with Crippen molar-refractivity contribution in [3.8, 4) is 0 Å². The number of carbonyl (C=O) groups is 1. The zero-order valence-electron chi connectivity index (χ0n) is 23.9. The van der Waals surface area contributed by atoms with E-state index in [2.05, 4.69) is 23.7 Å². The number of ether oxygens (including phenoxy) is 2. The highest BCUT2D eigenvalue weighted by Crippen LogP contribution is 2.42. The molecular weight excluding hydrogens is 524 g/mol. The average molecular weight is 562 g/mol. The summed E-state index contributed by atoms with van der Waals surface area (Å²) in [7, 11) is 0. The zero-order chi connectivity index (χ0) is 29.3. The first kappa shape index (κ1) is 28.7. The number of amides is 1. The predicted octanol–water partition coefficient (Wildman–Crippen LogP) is 7.21. The fourth-order valence-corrected chi connectivity index (χ4v) is 5.82. The van der Waals surface area contributed by atoms with Crippen LogP contribution in [0, 0.1) is 11.8 Å². The predicted molar refractivity (Wildman–Crippen MR) is 156 cm³/mol. The van der Waals surface area contributed by atoms with Gasteiger partial charge in [0.15, 0.2) is 5.82 Å². The Labute approximate surface area is 240 Å². The number of hydrogen-bond acceptors (Lipinski definition) is 5. The quantitative estimate of drug-likeness (QED) is 0.399. The summed E-state index contributed by atoms with van der Waals surface area (Å²) in [4.78, 5) is 18.5. The van der Waals surface area contributed by atoms with Crippen molar-refractivity contribution in [3.63, 3.8) is 0 Å². The minimum Gasteiger partial charge on any atom is -0.444 e. The van der Waals surface area contributed by atoms with E-state index in [9.17, 15) is 13.6 Å². The topological polar surface area (TPSA) is 77.7 Å². The van der Waals surface area contributed by atoms with E-state index in [-0.39, 0.29) is 23.4 Å². The molecule has 216 valence electrons. The molecule has 0 bridgehead atoms. The van der Waals surface area contributed by atoms with Crippen molar-refractivity contribution in [2.45, 2.75) is 64.0 Å². The summed E-state index contributed by atoms with van der Waals surface area (Å²) in [6.07, 6.45) is 9.83. The summed E-state index contributed by atoms with van der Waals surface area (Å²) >= 11 is 0. The van der Waals surface area contributed by atoms with Gasteiger partial charge in [-0.3, -0.25) is 0 Å². The van der Waals surface area contributed by atoms with Gasteiger partial charge >= 0.3 is 6.09 Å². The average Bonchev–Trinajstić information content (AvgIpc) is 3.39. The molecule has 0 spiro atoms. The van der Waals surface area contributed by atoms with Gasteiger partial charge in [0, 0.05) is 42.8 Å². The van der Waals surface area contributed by atoms with Crippen LogP contribution in [-0.4, -0.2) is 41.3 Å². The molecule has 2 aliphatic heterocycles. The molecule has 0 radical (unpaired) electrons. The second-order valence-corrected chi connectivity index (χ2v) is 11.8. The lowest BCUT2D eigenvalue weighted by atomic mass is 9.83. The zero-order valence-corrected chi connectivity index (χ0v) is 23.9. The molecule has 2 aromatic rings. The second kappa shape index (κ2) is 11.6. The van der Waals surface area contributed by atoms with E-state index in [1.807, 2.05) is 37.8 Å². The summed E-state index contributed by atoms with van der Waals surface area (Å²) in [6, 6.07) is 7.58. The van der Waals surface area contributed by atoms with Gasteiger partial charge in [0.05, 0.1) is 6.04 Å². The van der Waals surface area contributed by atoms with E-state index in [4.69, 9.17) is 15.2 Å². The first-order chi connectivity index (χ1) is 19.5. The number of pyridine rings is 1. The molecule has 3 heterocycles. The van der Waals surface area contributed by atoms with Crippen LogP contribution < -0.4 is 5.73 Å². The highest BCUT2D eigenvalue weighted by atomic mass is 19.2. The van der Waals surface area contributed by atoms with E-state index < -0.39 is 17.4 Å². The van der Waals surface area contributed by atoms with Gasteiger partial charge in [0.1, 0.15) is 5.60 Å². The van der Waals surface area contributed by atoms with Gasteiger partial charge < -0.3 is 20.1 Å². The fraction of sp³-hybridized carbons (Fsp3) is 0.394. The van der Waals surface area contributed by atoms with Crippen molar-refractivity contribution in [1.82, 2.24) is 9.88 Å². The summed E-state index contributed by atoms with van der Waals surface area (Å²) in [5.41, 5.74) is 10.8. The highest BCUT2D eigenvalue weighted by Gasteiger charge is 2.35. The minimum absolute atomic E-state index is 0.0169. The smallest absolute Gasteiger partial charge is 0.410 e. The molecule has 0 saturated carbocycles. The Kier molecular flexibility index (Phi) is 8.13. The van der Waals surface area contributed by atoms with Crippen LogP contribution in [0.2, 0.25) is 0 Å². The Bertz CT molecular complexity index is 1450. The molecule has 1 aromatic heterocycles. The highest BCUT2D eigenvalue weighted by molar-refractivity contribution is 5.92. The monoisotopic (exact) mass is 561 g/mol. The molecule has 5 rings (SSSR count). The number of rotatable bonds is 4. The van der Waals surface area contributed by atoms with E-state index >= 15 is 0 Å². The molecule has 1 atom stereocenters. The van der Waals surface area contributed by atoms with Crippen molar-refractivity contribution in [1.29, 1.82) is 0 Å². The number of nitrogens with zero attached hydrogens (tertiary/aromatic N) is 2. The number of carbonyl (C=O) groups excluding carboxylic acids is 1. The third-order valence-corrected chi connectivity index (χ3v) is 7.86. The Morgan fingerprint density at radius 2 is 1.88 bits per heavy atom. The van der Waals surface area contributed by atoms with Crippen LogP contribution >= 0.6 is 0 Å². The van der Waals surface area contributed by atoms with Crippen molar-refractivity contribution < 1.29 is 23.0 Å². The number of nitrogens with two attached hydrogens (primary N) is 1. The standard InChI is InChI=1S/C33H37F2N3O3/c1-20-7-8-22(19-27(30(20)36)25-11-14-37-31(35)29(25)34)23-9-10-24(21-12-16-40-17-13-21)26(18-23)28-6-5-15-38(28)32(39)41-33(2,3)4/h7-11,14,18-19,21,28H,1,5-6,12-13,15-17,36H2,2-4H3/t28-/m0/s1. The molecule has 8 heteroatoms. The molecule has 3 aliphatic rings. The summed E-state index contributed by atoms with van der Waals surface area (Å²) < 4.78 is 40.3. The Morgan fingerprint density at radius 1 is 1.12 bits per heavy atom. The molecule has 41 heavy (non-hydrogen) atoms. The first-order valence-corrected chi connectivity index (χ1v) is 14.1. The Morgan fingerprint density at radius 3 is 2.61 bits per heavy atom. The van der Waals surface area contributed by atoms with E-state index in [1.54, 1.807) is 12.2 Å². The number of allylic oxidation sites excluding steroid dienone is 5. The SMILES string of the molecule is C=C1C=CC(c2ccc(C3CCOCC3)c([C@@H]3CCCN3C(=O)OC(C)(C)C)c2)=CC(c2ccnc(F)c2F)=C1N. The molecule has 1 aliphatic carbocycles. The normalized spacial score (nSPS) is 20.3. The van der Waals surface area contributed by atoms with Crippen LogP contribution in [0.4, 0.5) is 13.6 Å². The van der Waals surface area contributed by atoms with Gasteiger partial charge in [-0.15, -0.1) is 0 Å². The van der Waals surface area contributed by atoms with E-state index in [0.29, 0.717) is 36.8 Å². The van der Waals surface area contributed by atoms with Crippen LogP contribution in [-0.2, 0) is 9.47 Å². The van der Waals surface area contributed by atoms with Crippen molar-refractivity contribution in [2.24, 2.45) is 5.73 Å². The molecule has 6 nitrogen and oxygen atoms in total. The number of hydrogen-bond donors (Lipinski definition) is 1. The van der Waals surface area contributed by atoms with Crippen LogP contribution in [0.5, 0.6) is 0 Å². The van der Waals surface area contributed by atoms with Gasteiger partial charge in [0.2, 0.25) is 5.95 Å². The fourth-order valence-electron chi connectivity index (χ4n) is 5.82. The largest absolute Gasteiger partial charge is 0.444 e.